The summed E-state index contributed by atoms with van der Waals surface area (Å²) in [6.45, 7) is 0.997. The van der Waals surface area contributed by atoms with Crippen molar-refractivity contribution in [3.8, 4) is 0 Å². The van der Waals surface area contributed by atoms with Gasteiger partial charge in [-0.3, -0.25) is 14.7 Å². The zero-order chi connectivity index (χ0) is 18.1. The molecule has 1 fully saturated rings. The summed E-state index contributed by atoms with van der Waals surface area (Å²) in [5.41, 5.74) is 1.31. The number of nitrogens with one attached hydrogen (secondary N) is 2. The van der Waals surface area contributed by atoms with Crippen molar-refractivity contribution >= 4 is 34.2 Å². The fourth-order valence-electron chi connectivity index (χ4n) is 3.35. The number of carbonyl (C=O) groups is 2. The first-order chi connectivity index (χ1) is 12.6. The molecule has 4 rings (SSSR count). The number of amides is 2. The van der Waals surface area contributed by atoms with E-state index in [2.05, 4.69) is 33.7 Å². The van der Waals surface area contributed by atoms with Crippen LogP contribution in [0.15, 0.2) is 48.7 Å². The Hall–Kier alpha value is -2.86. The predicted octanol–water partition coefficient (Wildman–Crippen LogP) is 2.75. The molecule has 1 atom stereocenters. The van der Waals surface area contributed by atoms with Crippen LogP contribution >= 0.6 is 11.6 Å². The van der Waals surface area contributed by atoms with Gasteiger partial charge in [0, 0.05) is 19.5 Å². The summed E-state index contributed by atoms with van der Waals surface area (Å²) in [5.74, 6) is -0.323. The highest BCUT2D eigenvalue weighted by Gasteiger charge is 2.31. The van der Waals surface area contributed by atoms with Gasteiger partial charge in [-0.25, -0.2) is 0 Å². The van der Waals surface area contributed by atoms with E-state index < -0.39 is 0 Å². The molecule has 6 nitrogen and oxygen atoms in total. The fourth-order valence-corrected chi connectivity index (χ4v) is 3.52. The molecule has 0 unspecified atom stereocenters. The summed E-state index contributed by atoms with van der Waals surface area (Å²) < 4.78 is 0. The summed E-state index contributed by atoms with van der Waals surface area (Å²) in [6.07, 6.45) is 1.66. The lowest BCUT2D eigenvalue weighted by Crippen LogP contribution is -2.37. The topological polar surface area (TPSA) is 78.1 Å². The minimum Gasteiger partial charge on any atom is -0.346 e. The summed E-state index contributed by atoms with van der Waals surface area (Å²) in [4.78, 5) is 26.4. The third-order valence-electron chi connectivity index (χ3n) is 4.61. The number of fused-ring (bicyclic) bond motifs is 1. The molecule has 0 saturated carbocycles. The van der Waals surface area contributed by atoms with E-state index in [1.165, 1.54) is 6.20 Å². The number of halogens is 1. The number of rotatable bonds is 4. The van der Waals surface area contributed by atoms with Gasteiger partial charge in [0.2, 0.25) is 5.91 Å². The van der Waals surface area contributed by atoms with Crippen molar-refractivity contribution in [3.05, 3.63) is 64.9 Å². The van der Waals surface area contributed by atoms with Gasteiger partial charge in [-0.05, 0) is 16.3 Å². The second-order valence-corrected chi connectivity index (χ2v) is 6.79. The SMILES string of the molecule is O=C(N[C@@H]1CC(=O)N(Cc2cccc3ccccc23)C1)c1[nH]ncc1Cl. The molecule has 0 radical (unpaired) electrons. The van der Waals surface area contributed by atoms with Crippen LogP contribution in [0.2, 0.25) is 5.02 Å². The van der Waals surface area contributed by atoms with Crippen molar-refractivity contribution in [2.24, 2.45) is 0 Å². The number of likely N-dealkylation sites (tertiary alicyclic amines) is 1. The largest absolute Gasteiger partial charge is 0.346 e. The zero-order valence-electron chi connectivity index (χ0n) is 13.9. The summed E-state index contributed by atoms with van der Waals surface area (Å²) in [6, 6.07) is 14.0. The zero-order valence-corrected chi connectivity index (χ0v) is 14.7. The first-order valence-corrected chi connectivity index (χ1v) is 8.74. The Bertz CT molecular complexity index is 979. The summed E-state index contributed by atoms with van der Waals surface area (Å²) in [7, 11) is 0. The molecule has 1 aliphatic rings. The van der Waals surface area contributed by atoms with Gasteiger partial charge in [-0.1, -0.05) is 54.1 Å². The van der Waals surface area contributed by atoms with Gasteiger partial charge in [0.1, 0.15) is 5.69 Å². The molecule has 1 aliphatic heterocycles. The maximum absolute atomic E-state index is 12.4. The van der Waals surface area contributed by atoms with Gasteiger partial charge >= 0.3 is 0 Å². The number of nitrogens with zero attached hydrogens (tertiary/aromatic N) is 2. The maximum atomic E-state index is 12.4. The van der Waals surface area contributed by atoms with Crippen LogP contribution in [0.5, 0.6) is 0 Å². The Balaban J connectivity index is 1.46. The van der Waals surface area contributed by atoms with Crippen molar-refractivity contribution in [2.45, 2.75) is 19.0 Å². The molecule has 1 aromatic heterocycles. The average molecular weight is 369 g/mol. The Morgan fingerprint density at radius 3 is 2.88 bits per heavy atom. The smallest absolute Gasteiger partial charge is 0.271 e. The first-order valence-electron chi connectivity index (χ1n) is 8.36. The molecule has 26 heavy (non-hydrogen) atoms. The molecular weight excluding hydrogens is 352 g/mol. The van der Waals surface area contributed by atoms with Crippen LogP contribution in [0.25, 0.3) is 10.8 Å². The molecule has 2 N–H and O–H groups in total. The van der Waals surface area contributed by atoms with Crippen LogP contribution in [0.3, 0.4) is 0 Å². The lowest BCUT2D eigenvalue weighted by molar-refractivity contribution is -0.128. The van der Waals surface area contributed by atoms with Crippen LogP contribution in [-0.2, 0) is 11.3 Å². The van der Waals surface area contributed by atoms with Crippen molar-refractivity contribution in [2.75, 3.05) is 6.54 Å². The Morgan fingerprint density at radius 1 is 1.27 bits per heavy atom. The molecule has 132 valence electrons. The maximum Gasteiger partial charge on any atom is 0.271 e. The van der Waals surface area contributed by atoms with Gasteiger partial charge in [0.05, 0.1) is 17.3 Å². The van der Waals surface area contributed by atoms with Gasteiger partial charge < -0.3 is 10.2 Å². The third-order valence-corrected chi connectivity index (χ3v) is 4.90. The van der Waals surface area contributed by atoms with Gasteiger partial charge in [0.25, 0.3) is 5.91 Å². The van der Waals surface area contributed by atoms with Crippen LogP contribution in [-0.4, -0.2) is 39.5 Å². The Morgan fingerprint density at radius 2 is 2.08 bits per heavy atom. The van der Waals surface area contributed by atoms with Gasteiger partial charge in [-0.15, -0.1) is 0 Å². The van der Waals surface area contributed by atoms with Crippen LogP contribution in [0, 0.1) is 0 Å². The van der Waals surface area contributed by atoms with Gasteiger partial charge in [-0.2, -0.15) is 5.10 Å². The van der Waals surface area contributed by atoms with E-state index in [-0.39, 0.29) is 35.0 Å². The average Bonchev–Trinajstić information content (AvgIpc) is 3.21. The minimum absolute atomic E-state index is 0.0268. The van der Waals surface area contributed by atoms with E-state index >= 15 is 0 Å². The monoisotopic (exact) mass is 368 g/mol. The molecule has 3 aromatic rings. The highest BCUT2D eigenvalue weighted by atomic mass is 35.5. The van der Waals surface area contributed by atoms with Crippen molar-refractivity contribution in [3.63, 3.8) is 0 Å². The second-order valence-electron chi connectivity index (χ2n) is 6.38. The van der Waals surface area contributed by atoms with Crippen LogP contribution in [0.4, 0.5) is 0 Å². The first kappa shape index (κ1) is 16.6. The summed E-state index contributed by atoms with van der Waals surface area (Å²) >= 11 is 5.91. The number of H-pyrrole nitrogens is 1. The minimum atomic E-state index is -0.350. The normalized spacial score (nSPS) is 17.0. The van der Waals surface area contributed by atoms with E-state index in [9.17, 15) is 9.59 Å². The molecule has 2 amide bonds. The molecule has 0 bridgehead atoms. The number of aromatic nitrogens is 2. The number of aromatic amines is 1. The predicted molar refractivity (Wildman–Crippen MR) is 98.8 cm³/mol. The molecule has 2 heterocycles. The lowest BCUT2D eigenvalue weighted by atomic mass is 10.0. The molecule has 7 heteroatoms. The molecular formula is C19H17ClN4O2. The number of hydrogen-bond donors (Lipinski definition) is 2. The third kappa shape index (κ3) is 3.15. The van der Waals surface area contributed by atoms with Crippen molar-refractivity contribution < 1.29 is 9.59 Å². The Labute approximate surface area is 155 Å². The highest BCUT2D eigenvalue weighted by Crippen LogP contribution is 2.22. The highest BCUT2D eigenvalue weighted by molar-refractivity contribution is 6.33. The van der Waals surface area contributed by atoms with E-state index in [0.717, 1.165) is 16.3 Å². The van der Waals surface area contributed by atoms with E-state index in [0.29, 0.717) is 13.1 Å². The molecule has 1 saturated heterocycles. The standard InChI is InChI=1S/C19H17ClN4O2/c20-16-9-21-23-18(16)19(26)22-14-8-17(25)24(11-14)10-13-6-3-5-12-4-1-2-7-15(12)13/h1-7,9,14H,8,10-11H2,(H,21,23)(H,22,26)/t14-/m1/s1. The number of carbonyl (C=O) groups excluding carboxylic acids is 2. The van der Waals surface area contributed by atoms with E-state index in [4.69, 9.17) is 11.6 Å². The van der Waals surface area contributed by atoms with Gasteiger partial charge in [0.15, 0.2) is 0 Å². The quantitative estimate of drug-likeness (QED) is 0.743. The second kappa shape index (κ2) is 6.80. The molecule has 0 spiro atoms. The van der Waals surface area contributed by atoms with Crippen molar-refractivity contribution in [1.29, 1.82) is 0 Å². The number of hydrogen-bond acceptors (Lipinski definition) is 3. The Kier molecular flexibility index (Phi) is 4.34. The molecule has 0 aliphatic carbocycles. The summed E-state index contributed by atoms with van der Waals surface area (Å²) in [5, 5.41) is 11.7. The fraction of sp³-hybridized carbons (Fsp3) is 0.211. The van der Waals surface area contributed by atoms with E-state index in [1.807, 2.05) is 24.3 Å². The van der Waals surface area contributed by atoms with Crippen LogP contribution in [0.1, 0.15) is 22.5 Å². The lowest BCUT2D eigenvalue weighted by Gasteiger charge is -2.18. The number of benzene rings is 2. The van der Waals surface area contributed by atoms with Crippen LogP contribution < -0.4 is 5.32 Å². The van der Waals surface area contributed by atoms with Crippen molar-refractivity contribution in [1.82, 2.24) is 20.4 Å². The molecule has 2 aromatic carbocycles. The van der Waals surface area contributed by atoms with E-state index in [1.54, 1.807) is 4.90 Å².